The quantitative estimate of drug-likeness (QED) is 0.595. The number of rotatable bonds is 7. The van der Waals surface area contributed by atoms with Gasteiger partial charge in [0.25, 0.3) is 0 Å². The van der Waals surface area contributed by atoms with E-state index in [1.54, 1.807) is 0 Å². The van der Waals surface area contributed by atoms with Crippen molar-refractivity contribution in [3.8, 4) is 0 Å². The third-order valence-corrected chi connectivity index (χ3v) is 3.25. The van der Waals surface area contributed by atoms with Gasteiger partial charge in [0, 0.05) is 19.6 Å². The molecule has 22 heavy (non-hydrogen) atoms. The summed E-state index contributed by atoms with van der Waals surface area (Å²) in [5, 5.41) is 5.66. The lowest BCUT2D eigenvalue weighted by atomic mass is 9.98. The number of hydrogen-bond acceptors (Lipinski definition) is 1. The molecule has 1 atom stereocenters. The Morgan fingerprint density at radius 3 is 2.45 bits per heavy atom. The van der Waals surface area contributed by atoms with Crippen molar-refractivity contribution in [3.63, 3.8) is 0 Å². The number of nitrogens with zero attached hydrogens (tertiary/aromatic N) is 1. The Morgan fingerprint density at radius 1 is 1.18 bits per heavy atom. The van der Waals surface area contributed by atoms with E-state index in [9.17, 15) is 13.2 Å². The predicted octanol–water partition coefficient (Wildman–Crippen LogP) is 3.69. The number of aliphatic imine (C=N–C) groups is 1. The van der Waals surface area contributed by atoms with Crippen LogP contribution in [0.3, 0.4) is 0 Å². The molecule has 0 spiro atoms. The Hall–Kier alpha value is -1.72. The molecule has 0 saturated heterocycles. The van der Waals surface area contributed by atoms with Gasteiger partial charge in [-0.3, -0.25) is 4.99 Å². The molecule has 0 aliphatic heterocycles. The van der Waals surface area contributed by atoms with Gasteiger partial charge in [0.15, 0.2) is 5.96 Å². The zero-order valence-electron chi connectivity index (χ0n) is 13.1. The van der Waals surface area contributed by atoms with Crippen LogP contribution in [0.4, 0.5) is 13.2 Å². The van der Waals surface area contributed by atoms with Gasteiger partial charge < -0.3 is 10.6 Å². The first-order valence-electron chi connectivity index (χ1n) is 7.56. The number of benzene rings is 1. The average Bonchev–Trinajstić information content (AvgIpc) is 2.46. The summed E-state index contributed by atoms with van der Waals surface area (Å²) in [4.78, 5) is 4.33. The van der Waals surface area contributed by atoms with E-state index in [-0.39, 0.29) is 6.54 Å². The number of hydrogen-bond donors (Lipinski definition) is 2. The Morgan fingerprint density at radius 2 is 1.86 bits per heavy atom. The maximum absolute atomic E-state index is 12.1. The summed E-state index contributed by atoms with van der Waals surface area (Å²) < 4.78 is 36.4. The van der Waals surface area contributed by atoms with Gasteiger partial charge in [-0.15, -0.1) is 0 Å². The molecule has 0 heterocycles. The lowest BCUT2D eigenvalue weighted by Crippen LogP contribution is -2.39. The molecule has 1 aromatic carbocycles. The van der Waals surface area contributed by atoms with Crippen LogP contribution in [0.25, 0.3) is 0 Å². The van der Waals surface area contributed by atoms with E-state index < -0.39 is 12.6 Å². The van der Waals surface area contributed by atoms with Gasteiger partial charge in [-0.1, -0.05) is 37.3 Å². The van der Waals surface area contributed by atoms with Gasteiger partial charge in [-0.2, -0.15) is 13.2 Å². The molecule has 6 heteroatoms. The summed E-state index contributed by atoms with van der Waals surface area (Å²) in [6.45, 7) is 5.02. The molecule has 3 nitrogen and oxygen atoms in total. The molecule has 0 saturated carbocycles. The second kappa shape index (κ2) is 9.33. The Labute approximate surface area is 130 Å². The molecule has 0 amide bonds. The summed E-state index contributed by atoms with van der Waals surface area (Å²) in [5.74, 6) is 0.801. The van der Waals surface area contributed by atoms with Gasteiger partial charge in [0.1, 0.15) is 0 Å². The molecule has 1 aromatic rings. The molecule has 124 valence electrons. The van der Waals surface area contributed by atoms with Crippen LogP contribution in [-0.4, -0.2) is 31.8 Å². The zero-order chi connectivity index (χ0) is 16.4. The minimum absolute atomic E-state index is 0.163. The minimum Gasteiger partial charge on any atom is -0.357 e. The van der Waals surface area contributed by atoms with Gasteiger partial charge in [-0.25, -0.2) is 0 Å². The highest BCUT2D eigenvalue weighted by atomic mass is 19.4. The molecule has 0 radical (unpaired) electrons. The second-order valence-electron chi connectivity index (χ2n) is 5.15. The first-order valence-corrected chi connectivity index (χ1v) is 7.56. The van der Waals surface area contributed by atoms with E-state index in [1.165, 1.54) is 5.56 Å². The Kier molecular flexibility index (Phi) is 7.77. The topological polar surface area (TPSA) is 36.4 Å². The molecule has 1 rings (SSSR count). The lowest BCUT2D eigenvalue weighted by molar-refractivity contribution is -0.132. The van der Waals surface area contributed by atoms with Crippen LogP contribution < -0.4 is 10.6 Å². The average molecular weight is 315 g/mol. The maximum Gasteiger partial charge on any atom is 0.390 e. The fourth-order valence-corrected chi connectivity index (χ4v) is 1.98. The Bertz CT molecular complexity index is 444. The number of nitrogens with one attached hydrogen (secondary N) is 2. The van der Waals surface area contributed by atoms with Crippen LogP contribution in [0, 0.1) is 0 Å². The molecule has 2 N–H and O–H groups in total. The van der Waals surface area contributed by atoms with Crippen molar-refractivity contribution in [1.29, 1.82) is 0 Å². The second-order valence-corrected chi connectivity index (χ2v) is 5.15. The summed E-state index contributed by atoms with van der Waals surface area (Å²) >= 11 is 0. The van der Waals surface area contributed by atoms with E-state index in [2.05, 4.69) is 34.7 Å². The first-order chi connectivity index (χ1) is 10.4. The van der Waals surface area contributed by atoms with Crippen LogP contribution in [-0.2, 0) is 0 Å². The van der Waals surface area contributed by atoms with E-state index in [0.29, 0.717) is 25.0 Å². The highest BCUT2D eigenvalue weighted by Gasteiger charge is 2.26. The van der Waals surface area contributed by atoms with Gasteiger partial charge in [0.2, 0.25) is 0 Å². The molecule has 0 fully saturated rings. The molecule has 0 aliphatic carbocycles. The van der Waals surface area contributed by atoms with E-state index in [4.69, 9.17) is 0 Å². The van der Waals surface area contributed by atoms with E-state index in [0.717, 1.165) is 6.42 Å². The molecule has 0 aromatic heterocycles. The van der Waals surface area contributed by atoms with Gasteiger partial charge >= 0.3 is 6.18 Å². The molecule has 0 aliphatic rings. The van der Waals surface area contributed by atoms with Crippen LogP contribution in [0.1, 0.15) is 38.2 Å². The van der Waals surface area contributed by atoms with Gasteiger partial charge in [-0.05, 0) is 24.8 Å². The molecule has 1 unspecified atom stereocenters. The molecular weight excluding hydrogens is 291 g/mol. The highest BCUT2D eigenvalue weighted by molar-refractivity contribution is 5.79. The summed E-state index contributed by atoms with van der Waals surface area (Å²) in [5.41, 5.74) is 1.24. The standard InChI is InChI=1S/C16H24F3N3/c1-3-20-15(22-12-10-16(17,18)19)21-11-9-13(2)14-7-5-4-6-8-14/h4-8,13H,3,9-12H2,1-2H3,(H2,20,21,22). The van der Waals surface area contributed by atoms with Crippen molar-refractivity contribution in [1.82, 2.24) is 10.6 Å². The number of guanidine groups is 1. The monoisotopic (exact) mass is 315 g/mol. The maximum atomic E-state index is 12.1. The third-order valence-electron chi connectivity index (χ3n) is 3.25. The van der Waals surface area contributed by atoms with E-state index in [1.807, 2.05) is 25.1 Å². The largest absolute Gasteiger partial charge is 0.390 e. The smallest absolute Gasteiger partial charge is 0.357 e. The fraction of sp³-hybridized carbons (Fsp3) is 0.562. The fourth-order valence-electron chi connectivity index (χ4n) is 1.98. The summed E-state index contributed by atoms with van der Waals surface area (Å²) in [6, 6.07) is 10.1. The van der Waals surface area contributed by atoms with E-state index >= 15 is 0 Å². The van der Waals surface area contributed by atoms with Gasteiger partial charge in [0.05, 0.1) is 6.42 Å². The van der Waals surface area contributed by atoms with Crippen molar-refractivity contribution in [3.05, 3.63) is 35.9 Å². The minimum atomic E-state index is -4.15. The highest BCUT2D eigenvalue weighted by Crippen LogP contribution is 2.19. The zero-order valence-corrected chi connectivity index (χ0v) is 13.1. The number of alkyl halides is 3. The summed E-state index contributed by atoms with van der Waals surface area (Å²) in [6.07, 6.45) is -4.16. The van der Waals surface area contributed by atoms with Crippen molar-refractivity contribution < 1.29 is 13.2 Å². The lowest BCUT2D eigenvalue weighted by Gasteiger charge is -2.14. The SMILES string of the molecule is CCNC(=NCCC(C)c1ccccc1)NCCC(F)(F)F. The van der Waals surface area contributed by atoms with Crippen molar-refractivity contribution in [2.45, 2.75) is 38.8 Å². The van der Waals surface area contributed by atoms with Crippen molar-refractivity contribution >= 4 is 5.96 Å². The summed E-state index contributed by atoms with van der Waals surface area (Å²) in [7, 11) is 0. The first kappa shape index (κ1) is 18.3. The van der Waals surface area contributed by atoms with Crippen molar-refractivity contribution in [2.75, 3.05) is 19.6 Å². The molecule has 0 bridgehead atoms. The Balaban J connectivity index is 2.41. The van der Waals surface area contributed by atoms with Crippen LogP contribution in [0.5, 0.6) is 0 Å². The molecular formula is C16H24F3N3. The number of halogens is 3. The van der Waals surface area contributed by atoms with Crippen LogP contribution in [0.15, 0.2) is 35.3 Å². The predicted molar refractivity (Wildman–Crippen MR) is 84.1 cm³/mol. The van der Waals surface area contributed by atoms with Crippen molar-refractivity contribution in [2.24, 2.45) is 4.99 Å². The van der Waals surface area contributed by atoms with Crippen LogP contribution >= 0.6 is 0 Å². The van der Waals surface area contributed by atoms with Crippen LogP contribution in [0.2, 0.25) is 0 Å². The normalized spacial score (nSPS) is 13.8. The third kappa shape index (κ3) is 7.90.